The molecule has 252 valence electrons. The van der Waals surface area contributed by atoms with E-state index in [2.05, 4.69) is 13.8 Å². The number of hydrogen-bond donors (Lipinski definition) is 5. The Bertz CT molecular complexity index is 1180. The minimum absolute atomic E-state index is 0.0203. The van der Waals surface area contributed by atoms with Crippen LogP contribution in [0.25, 0.3) is 0 Å². The Labute approximate surface area is 270 Å². The van der Waals surface area contributed by atoms with Crippen molar-refractivity contribution in [3.05, 3.63) is 46.5 Å². The van der Waals surface area contributed by atoms with Crippen molar-refractivity contribution in [3.8, 4) is 23.0 Å². The maximum absolute atomic E-state index is 12.1. The molecule has 0 saturated carbocycles. The maximum Gasteiger partial charge on any atom is 0.303 e. The summed E-state index contributed by atoms with van der Waals surface area (Å²) in [5.41, 5.74) is 2.23. The summed E-state index contributed by atoms with van der Waals surface area (Å²) in [5.74, 6) is -0.425. The number of rotatable bonds is 7. The SMILES string of the molecule is CCCCC1CCCCC(C)C(O)c2cc(O)c(c(O)c2)C(CCCC)CCCCC(C)C(OC(C)=O)c2cc(O)c1c(O)c2. The van der Waals surface area contributed by atoms with E-state index in [4.69, 9.17) is 4.74 Å². The third-order valence-electron chi connectivity index (χ3n) is 9.89. The molecule has 0 fully saturated rings. The predicted octanol–water partition coefficient (Wildman–Crippen LogP) is 9.80. The van der Waals surface area contributed by atoms with Crippen molar-refractivity contribution in [3.63, 3.8) is 0 Å². The Morgan fingerprint density at radius 3 is 1.51 bits per heavy atom. The van der Waals surface area contributed by atoms with Gasteiger partial charge < -0.3 is 30.3 Å². The van der Waals surface area contributed by atoms with Crippen molar-refractivity contribution in [2.45, 2.75) is 149 Å². The van der Waals surface area contributed by atoms with Crippen molar-refractivity contribution >= 4 is 5.97 Å². The molecule has 0 radical (unpaired) electrons. The smallest absolute Gasteiger partial charge is 0.303 e. The van der Waals surface area contributed by atoms with Crippen LogP contribution in [0.4, 0.5) is 0 Å². The molecule has 0 saturated heterocycles. The van der Waals surface area contributed by atoms with Crippen molar-refractivity contribution in [2.75, 3.05) is 0 Å². The van der Waals surface area contributed by atoms with Gasteiger partial charge in [0.1, 0.15) is 29.1 Å². The number of aliphatic hydroxyl groups excluding tert-OH is 1. The molecule has 5 N–H and O–H groups in total. The van der Waals surface area contributed by atoms with Gasteiger partial charge in [-0.1, -0.05) is 79.1 Å². The normalized spacial score (nSPS) is 25.4. The Morgan fingerprint density at radius 1 is 0.689 bits per heavy atom. The lowest BCUT2D eigenvalue weighted by Gasteiger charge is -2.27. The number of esters is 1. The van der Waals surface area contributed by atoms with E-state index in [0.717, 1.165) is 89.9 Å². The third-order valence-corrected chi connectivity index (χ3v) is 9.89. The number of aromatic hydroxyl groups is 4. The molecule has 6 rings (SSSR count). The van der Waals surface area contributed by atoms with Gasteiger partial charge in [-0.2, -0.15) is 0 Å². The second-order valence-corrected chi connectivity index (χ2v) is 13.6. The molecule has 0 amide bonds. The molecule has 6 unspecified atom stereocenters. The van der Waals surface area contributed by atoms with Crippen molar-refractivity contribution < 1.29 is 35.1 Å². The molecule has 0 aliphatic heterocycles. The van der Waals surface area contributed by atoms with E-state index >= 15 is 0 Å². The van der Waals surface area contributed by atoms with E-state index in [9.17, 15) is 30.3 Å². The van der Waals surface area contributed by atoms with Gasteiger partial charge in [0, 0.05) is 23.6 Å². The first kappa shape index (κ1) is 36.5. The number of ether oxygens (including phenoxy) is 1. The number of carbonyl (C=O) groups excluding carboxylic acids is 1. The van der Waals surface area contributed by atoms with Crippen LogP contribution in [0.2, 0.25) is 0 Å². The molecular weight excluding hydrogens is 568 g/mol. The summed E-state index contributed by atoms with van der Waals surface area (Å²) in [5, 5.41) is 55.9. The van der Waals surface area contributed by atoms with Gasteiger partial charge in [0.05, 0.1) is 6.10 Å². The predicted molar refractivity (Wildman–Crippen MR) is 179 cm³/mol. The van der Waals surface area contributed by atoms with E-state index in [1.54, 1.807) is 24.3 Å². The zero-order valence-corrected chi connectivity index (χ0v) is 28.2. The van der Waals surface area contributed by atoms with Crippen LogP contribution in [-0.2, 0) is 9.53 Å². The Morgan fingerprint density at radius 2 is 1.09 bits per heavy atom. The Balaban J connectivity index is 1.98. The van der Waals surface area contributed by atoms with Crippen LogP contribution in [0.15, 0.2) is 24.3 Å². The molecule has 45 heavy (non-hydrogen) atoms. The lowest BCUT2D eigenvalue weighted by atomic mass is 9.83. The number of phenols is 4. The van der Waals surface area contributed by atoms with E-state index in [1.165, 1.54) is 6.92 Å². The van der Waals surface area contributed by atoms with Crippen molar-refractivity contribution in [2.24, 2.45) is 11.8 Å². The molecule has 0 heterocycles. The highest BCUT2D eigenvalue weighted by molar-refractivity contribution is 5.66. The van der Waals surface area contributed by atoms with Crippen molar-refractivity contribution in [1.82, 2.24) is 0 Å². The Kier molecular flexibility index (Phi) is 14.4. The summed E-state index contributed by atoms with van der Waals surface area (Å²) >= 11 is 0. The van der Waals surface area contributed by atoms with Crippen LogP contribution in [0.1, 0.15) is 171 Å². The first-order valence-electron chi connectivity index (χ1n) is 17.4. The number of benzene rings is 2. The van der Waals surface area contributed by atoms with E-state index in [-0.39, 0.29) is 46.7 Å². The van der Waals surface area contributed by atoms with Gasteiger partial charge in [0.15, 0.2) is 0 Å². The summed E-state index contributed by atoms with van der Waals surface area (Å²) < 4.78 is 5.77. The number of aliphatic hydroxyl groups is 1. The molecule has 4 aliphatic carbocycles. The van der Waals surface area contributed by atoms with Crippen LogP contribution in [-0.4, -0.2) is 31.5 Å². The van der Waals surface area contributed by atoms with Gasteiger partial charge in [0.25, 0.3) is 0 Å². The second-order valence-electron chi connectivity index (χ2n) is 13.6. The van der Waals surface area contributed by atoms with Gasteiger partial charge in [-0.25, -0.2) is 0 Å². The first-order valence-corrected chi connectivity index (χ1v) is 17.4. The lowest BCUT2D eigenvalue weighted by Crippen LogP contribution is -2.17. The zero-order valence-electron chi connectivity index (χ0n) is 28.2. The van der Waals surface area contributed by atoms with Gasteiger partial charge in [0.2, 0.25) is 0 Å². The van der Waals surface area contributed by atoms with E-state index in [0.29, 0.717) is 22.3 Å². The molecular formula is C38H58O7. The average Bonchev–Trinajstić information content (AvgIpc) is 2.98. The fourth-order valence-electron chi connectivity index (χ4n) is 7.27. The zero-order chi connectivity index (χ0) is 33.1. The highest BCUT2D eigenvalue weighted by Crippen LogP contribution is 2.45. The van der Waals surface area contributed by atoms with Gasteiger partial charge in [-0.05, 0) is 92.0 Å². The number of unbranched alkanes of at least 4 members (excludes halogenated alkanes) is 2. The standard InChI is InChI=1S/C38H58O7/c1-6-8-16-27-19-13-11-15-25(4)38(45-26(5)39)30-22-33(42)36(34(43)23-30)28(17-9-7-2)18-12-10-14-24(3)37(44)29-20-31(40)35(27)32(41)21-29/h20-25,27-28,37-38,40-44H,6-19H2,1-5H3. The van der Waals surface area contributed by atoms with Gasteiger partial charge in [-0.3, -0.25) is 4.79 Å². The van der Waals surface area contributed by atoms with E-state index < -0.39 is 18.2 Å². The Hall–Kier alpha value is -2.93. The molecule has 0 spiro atoms. The van der Waals surface area contributed by atoms with Crippen LogP contribution < -0.4 is 0 Å². The van der Waals surface area contributed by atoms with Crippen LogP contribution in [0.3, 0.4) is 0 Å². The molecule has 7 nitrogen and oxygen atoms in total. The number of hydrogen-bond acceptors (Lipinski definition) is 7. The fraction of sp³-hybridized carbons (Fsp3) is 0.658. The third kappa shape index (κ3) is 10.0. The monoisotopic (exact) mass is 626 g/mol. The van der Waals surface area contributed by atoms with Crippen LogP contribution >= 0.6 is 0 Å². The topological polar surface area (TPSA) is 127 Å². The van der Waals surface area contributed by atoms with Crippen molar-refractivity contribution in [1.29, 1.82) is 0 Å². The van der Waals surface area contributed by atoms with Gasteiger partial charge >= 0.3 is 5.97 Å². The summed E-state index contributed by atoms with van der Waals surface area (Å²) in [6, 6.07) is 6.58. The molecule has 2 aromatic carbocycles. The van der Waals surface area contributed by atoms with Gasteiger partial charge in [-0.15, -0.1) is 0 Å². The lowest BCUT2D eigenvalue weighted by molar-refractivity contribution is -0.149. The molecule has 2 aromatic rings. The highest BCUT2D eigenvalue weighted by atomic mass is 16.5. The van der Waals surface area contributed by atoms with Crippen LogP contribution in [0.5, 0.6) is 23.0 Å². The van der Waals surface area contributed by atoms with E-state index in [1.807, 2.05) is 13.8 Å². The number of carbonyl (C=O) groups is 1. The maximum atomic E-state index is 12.1. The molecule has 4 aliphatic rings. The quantitative estimate of drug-likeness (QED) is 0.194. The average molecular weight is 627 g/mol. The molecule has 4 bridgehead atoms. The molecule has 0 aromatic heterocycles. The fourth-order valence-corrected chi connectivity index (χ4v) is 7.27. The summed E-state index contributed by atoms with van der Waals surface area (Å²) in [7, 11) is 0. The number of phenolic OH excluding ortho intramolecular Hbond substituents is 4. The largest absolute Gasteiger partial charge is 0.508 e. The minimum atomic E-state index is -0.814. The summed E-state index contributed by atoms with van der Waals surface area (Å²) in [6.07, 6.45) is 10.7. The molecule has 6 atom stereocenters. The van der Waals surface area contributed by atoms with Crippen LogP contribution in [0, 0.1) is 11.8 Å². The minimum Gasteiger partial charge on any atom is -0.508 e. The summed E-state index contributed by atoms with van der Waals surface area (Å²) in [6.45, 7) is 9.64. The first-order chi connectivity index (χ1) is 21.5. The summed E-state index contributed by atoms with van der Waals surface area (Å²) in [4.78, 5) is 12.1. The molecule has 7 heteroatoms. The second kappa shape index (κ2) is 17.7. The highest BCUT2D eigenvalue weighted by Gasteiger charge is 2.28.